The zero-order valence-electron chi connectivity index (χ0n) is 12.1. The molecule has 0 bridgehead atoms. The van der Waals surface area contributed by atoms with Crippen LogP contribution in [0.5, 0.6) is 11.5 Å². The molecule has 4 heteroatoms. The van der Waals surface area contributed by atoms with Gasteiger partial charge in [0.25, 0.3) is 0 Å². The molecular weight excluding hydrogens is 286 g/mol. The van der Waals surface area contributed by atoms with E-state index in [4.69, 9.17) is 21.1 Å². The summed E-state index contributed by atoms with van der Waals surface area (Å²) >= 11 is 6.43. The monoisotopic (exact) mass is 303 g/mol. The van der Waals surface area contributed by atoms with Crippen LogP contribution >= 0.6 is 11.6 Å². The smallest absolute Gasteiger partial charge is 0.122 e. The molecule has 1 aliphatic rings. The number of fused-ring (bicyclic) bond motifs is 1. The summed E-state index contributed by atoms with van der Waals surface area (Å²) in [5.74, 6) is 1.98. The number of hydrogen-bond donors (Lipinski definition) is 1. The van der Waals surface area contributed by atoms with Crippen molar-refractivity contribution in [1.82, 2.24) is 5.32 Å². The minimum Gasteiger partial charge on any atom is -0.497 e. The van der Waals surface area contributed by atoms with Crippen molar-refractivity contribution in [2.75, 3.05) is 20.8 Å². The lowest BCUT2D eigenvalue weighted by Gasteiger charge is -2.24. The van der Waals surface area contributed by atoms with Crippen LogP contribution in [0.25, 0.3) is 0 Å². The molecule has 1 heterocycles. The predicted molar refractivity (Wildman–Crippen MR) is 84.5 cm³/mol. The van der Waals surface area contributed by atoms with Crippen LogP contribution in [0.2, 0.25) is 5.02 Å². The summed E-state index contributed by atoms with van der Waals surface area (Å²) in [5.41, 5.74) is 2.29. The Balaban J connectivity index is 1.97. The maximum Gasteiger partial charge on any atom is 0.122 e. The van der Waals surface area contributed by atoms with Gasteiger partial charge in [-0.1, -0.05) is 35.9 Å². The maximum atomic E-state index is 6.43. The van der Waals surface area contributed by atoms with Gasteiger partial charge in [-0.05, 0) is 30.8 Å². The summed E-state index contributed by atoms with van der Waals surface area (Å²) in [6, 6.07) is 14.1. The molecule has 1 N–H and O–H groups in total. The van der Waals surface area contributed by atoms with Crippen LogP contribution in [0.15, 0.2) is 42.5 Å². The van der Waals surface area contributed by atoms with Gasteiger partial charge >= 0.3 is 0 Å². The van der Waals surface area contributed by atoms with E-state index in [2.05, 4.69) is 11.4 Å². The lowest BCUT2D eigenvalue weighted by atomic mass is 9.88. The van der Waals surface area contributed by atoms with Crippen LogP contribution in [-0.4, -0.2) is 20.8 Å². The van der Waals surface area contributed by atoms with Crippen LogP contribution in [0.1, 0.15) is 23.1 Å². The van der Waals surface area contributed by atoms with E-state index in [1.807, 2.05) is 43.4 Å². The fourth-order valence-electron chi connectivity index (χ4n) is 2.92. The second kappa shape index (κ2) is 5.96. The van der Waals surface area contributed by atoms with Crippen LogP contribution < -0.4 is 14.8 Å². The summed E-state index contributed by atoms with van der Waals surface area (Å²) in [6.07, 6.45) is 0. The number of rotatable bonds is 4. The molecule has 0 radical (unpaired) electrons. The van der Waals surface area contributed by atoms with Crippen molar-refractivity contribution in [2.24, 2.45) is 0 Å². The van der Waals surface area contributed by atoms with Gasteiger partial charge in [0.1, 0.15) is 11.5 Å². The van der Waals surface area contributed by atoms with E-state index in [1.165, 1.54) is 5.56 Å². The highest BCUT2D eigenvalue weighted by molar-refractivity contribution is 6.31. The first-order valence-electron chi connectivity index (χ1n) is 6.97. The van der Waals surface area contributed by atoms with E-state index < -0.39 is 0 Å². The van der Waals surface area contributed by atoms with Gasteiger partial charge in [0.15, 0.2) is 0 Å². The highest BCUT2D eigenvalue weighted by atomic mass is 35.5. The number of methoxy groups -OCH3 is 1. The number of likely N-dealkylation sites (N-methyl/N-ethyl adjacent to an activating group) is 1. The third-order valence-corrected chi connectivity index (χ3v) is 4.32. The van der Waals surface area contributed by atoms with Gasteiger partial charge in [-0.15, -0.1) is 0 Å². The quantitative estimate of drug-likeness (QED) is 0.932. The lowest BCUT2D eigenvalue weighted by molar-refractivity contribution is 0.304. The van der Waals surface area contributed by atoms with Crippen molar-refractivity contribution < 1.29 is 9.47 Å². The molecule has 2 aromatic rings. The average Bonchev–Trinajstić information content (AvgIpc) is 2.94. The number of benzene rings is 2. The largest absolute Gasteiger partial charge is 0.497 e. The summed E-state index contributed by atoms with van der Waals surface area (Å²) < 4.78 is 11.0. The Hall–Kier alpha value is -1.71. The third-order valence-electron chi connectivity index (χ3n) is 3.99. The molecule has 1 aliphatic heterocycles. The van der Waals surface area contributed by atoms with Gasteiger partial charge in [0.2, 0.25) is 0 Å². The number of halogens is 1. The molecule has 0 spiro atoms. The minimum absolute atomic E-state index is 0.104. The summed E-state index contributed by atoms with van der Waals surface area (Å²) in [4.78, 5) is 0. The zero-order chi connectivity index (χ0) is 14.8. The normalized spacial score (nSPS) is 18.0. The molecule has 21 heavy (non-hydrogen) atoms. The van der Waals surface area contributed by atoms with E-state index in [9.17, 15) is 0 Å². The van der Waals surface area contributed by atoms with Crippen LogP contribution in [0, 0.1) is 0 Å². The van der Waals surface area contributed by atoms with Crippen LogP contribution in [0.3, 0.4) is 0 Å². The highest BCUT2D eigenvalue weighted by Gasteiger charge is 2.32. The van der Waals surface area contributed by atoms with Gasteiger partial charge < -0.3 is 14.8 Å². The summed E-state index contributed by atoms with van der Waals surface area (Å²) in [6.45, 7) is 0.660. The number of ether oxygens (including phenoxy) is 2. The van der Waals surface area contributed by atoms with Gasteiger partial charge in [-0.3, -0.25) is 0 Å². The molecule has 2 atom stereocenters. The highest BCUT2D eigenvalue weighted by Crippen LogP contribution is 2.42. The first-order valence-corrected chi connectivity index (χ1v) is 7.35. The SMILES string of the molecule is CNC(c1ccc(OC)cc1Cl)C1COc2ccccc21. The first kappa shape index (κ1) is 14.2. The Morgan fingerprint density at radius 1 is 1.29 bits per heavy atom. The molecule has 2 unspecified atom stereocenters. The van der Waals surface area contributed by atoms with Crippen molar-refractivity contribution in [2.45, 2.75) is 12.0 Å². The molecule has 0 aromatic heterocycles. The summed E-state index contributed by atoms with van der Waals surface area (Å²) in [5, 5.41) is 4.08. The Bertz CT molecular complexity index is 644. The molecule has 0 amide bonds. The van der Waals surface area contributed by atoms with E-state index >= 15 is 0 Å². The topological polar surface area (TPSA) is 30.5 Å². The number of nitrogens with one attached hydrogen (secondary N) is 1. The van der Waals surface area contributed by atoms with Gasteiger partial charge in [0.05, 0.1) is 13.7 Å². The number of para-hydroxylation sites is 1. The molecule has 0 saturated heterocycles. The molecule has 0 saturated carbocycles. The van der Waals surface area contributed by atoms with Crippen LogP contribution in [-0.2, 0) is 0 Å². The fraction of sp³-hybridized carbons (Fsp3) is 0.294. The van der Waals surface area contributed by atoms with E-state index in [0.717, 1.165) is 17.1 Å². The maximum absolute atomic E-state index is 6.43. The second-order valence-electron chi connectivity index (χ2n) is 5.11. The Morgan fingerprint density at radius 2 is 2.10 bits per heavy atom. The molecule has 0 aliphatic carbocycles. The van der Waals surface area contributed by atoms with Crippen LogP contribution in [0.4, 0.5) is 0 Å². The van der Waals surface area contributed by atoms with Crippen molar-refractivity contribution in [3.8, 4) is 11.5 Å². The lowest BCUT2D eigenvalue weighted by Crippen LogP contribution is -2.25. The third kappa shape index (κ3) is 2.59. The van der Waals surface area contributed by atoms with Gasteiger partial charge in [-0.2, -0.15) is 0 Å². The van der Waals surface area contributed by atoms with Gasteiger partial charge in [0, 0.05) is 22.5 Å². The number of hydrogen-bond acceptors (Lipinski definition) is 3. The Morgan fingerprint density at radius 3 is 2.81 bits per heavy atom. The van der Waals surface area contributed by atoms with Crippen molar-refractivity contribution in [1.29, 1.82) is 0 Å². The van der Waals surface area contributed by atoms with Crippen molar-refractivity contribution in [3.05, 3.63) is 58.6 Å². The second-order valence-corrected chi connectivity index (χ2v) is 5.52. The standard InChI is InChI=1S/C17H18ClNO2/c1-19-17(13-8-7-11(20-2)9-15(13)18)14-10-21-16-6-4-3-5-12(14)16/h3-9,14,17,19H,10H2,1-2H3. The summed E-state index contributed by atoms with van der Waals surface area (Å²) in [7, 11) is 3.59. The Labute approximate surface area is 129 Å². The molecule has 0 fully saturated rings. The molecule has 110 valence electrons. The average molecular weight is 304 g/mol. The predicted octanol–water partition coefficient (Wildman–Crippen LogP) is 3.79. The van der Waals surface area contributed by atoms with Crippen molar-refractivity contribution >= 4 is 11.6 Å². The molecule has 3 rings (SSSR count). The first-order chi connectivity index (χ1) is 10.2. The minimum atomic E-state index is 0.104. The van der Waals surface area contributed by atoms with Gasteiger partial charge in [-0.25, -0.2) is 0 Å². The zero-order valence-corrected chi connectivity index (χ0v) is 12.9. The Kier molecular flexibility index (Phi) is 4.04. The van der Waals surface area contributed by atoms with E-state index in [1.54, 1.807) is 7.11 Å². The van der Waals surface area contributed by atoms with E-state index in [-0.39, 0.29) is 12.0 Å². The molecular formula is C17H18ClNO2. The van der Waals surface area contributed by atoms with E-state index in [0.29, 0.717) is 11.6 Å². The fourth-order valence-corrected chi connectivity index (χ4v) is 3.21. The van der Waals surface area contributed by atoms with Crippen molar-refractivity contribution in [3.63, 3.8) is 0 Å². The molecule has 3 nitrogen and oxygen atoms in total. The molecule has 2 aromatic carbocycles.